The molecule has 138 valence electrons. The Morgan fingerprint density at radius 1 is 1.08 bits per heavy atom. The van der Waals surface area contributed by atoms with Crippen LogP contribution < -0.4 is 4.90 Å². The normalized spacial score (nSPS) is 10.2. The fraction of sp³-hybridized carbons (Fsp3) is 0.300. The van der Waals surface area contributed by atoms with Gasteiger partial charge in [0.25, 0.3) is 0 Å². The molecule has 0 aliphatic carbocycles. The number of hydrogen-bond donors (Lipinski definition) is 1. The summed E-state index contributed by atoms with van der Waals surface area (Å²) in [5, 5.41) is 0. The van der Waals surface area contributed by atoms with Crippen LogP contribution in [0.5, 0.6) is 0 Å². The first kappa shape index (κ1) is 19.3. The molecule has 0 saturated heterocycles. The van der Waals surface area contributed by atoms with E-state index in [0.717, 1.165) is 22.6 Å². The number of ether oxygens (including phenoxy) is 2. The highest BCUT2D eigenvalue weighted by Crippen LogP contribution is 2.31. The lowest BCUT2D eigenvalue weighted by molar-refractivity contribution is -0.146. The summed E-state index contributed by atoms with van der Waals surface area (Å²) in [4.78, 5) is 29.4. The van der Waals surface area contributed by atoms with E-state index in [4.69, 9.17) is 9.47 Å². The monoisotopic (exact) mass is 356 g/mol. The van der Waals surface area contributed by atoms with Crippen LogP contribution in [0.1, 0.15) is 19.5 Å². The number of benzene rings is 1. The van der Waals surface area contributed by atoms with Crippen LogP contribution in [0.2, 0.25) is 0 Å². The molecule has 0 aliphatic rings. The number of nitrogens with one attached hydrogen (secondary N) is 1. The second-order valence-electron chi connectivity index (χ2n) is 5.67. The molecule has 6 nitrogen and oxygen atoms in total. The average Bonchev–Trinajstić information content (AvgIpc) is 3.02. The van der Waals surface area contributed by atoms with Gasteiger partial charge in [-0.15, -0.1) is 0 Å². The first-order chi connectivity index (χ1) is 12.5. The smallest absolute Gasteiger partial charge is 0.347 e. The first-order valence-corrected chi connectivity index (χ1v) is 8.51. The SMILES string of the molecule is CCOC(=O)C(=CN(C)c1cc(C)[nH]c1-c1ccccc1)C(=O)OCC. The Morgan fingerprint density at radius 2 is 1.65 bits per heavy atom. The van der Waals surface area contributed by atoms with Gasteiger partial charge in [0.1, 0.15) is 0 Å². The molecular weight excluding hydrogens is 332 g/mol. The van der Waals surface area contributed by atoms with Crippen molar-refractivity contribution in [1.82, 2.24) is 4.98 Å². The zero-order chi connectivity index (χ0) is 19.1. The fourth-order valence-electron chi connectivity index (χ4n) is 2.55. The van der Waals surface area contributed by atoms with Crippen molar-refractivity contribution >= 4 is 17.6 Å². The van der Waals surface area contributed by atoms with E-state index in [2.05, 4.69) is 4.98 Å². The summed E-state index contributed by atoms with van der Waals surface area (Å²) in [7, 11) is 1.77. The van der Waals surface area contributed by atoms with Crippen LogP contribution in [0.3, 0.4) is 0 Å². The molecule has 1 aromatic heterocycles. The molecule has 0 fully saturated rings. The second-order valence-corrected chi connectivity index (χ2v) is 5.67. The highest BCUT2D eigenvalue weighted by molar-refractivity contribution is 6.14. The van der Waals surface area contributed by atoms with Gasteiger partial charge in [0, 0.05) is 24.5 Å². The third-order valence-electron chi connectivity index (χ3n) is 3.69. The van der Waals surface area contributed by atoms with Gasteiger partial charge in [0.05, 0.1) is 24.6 Å². The van der Waals surface area contributed by atoms with Gasteiger partial charge in [0.2, 0.25) is 0 Å². The lowest BCUT2D eigenvalue weighted by atomic mass is 10.1. The number of rotatable bonds is 7. The zero-order valence-corrected chi connectivity index (χ0v) is 15.5. The van der Waals surface area contributed by atoms with Gasteiger partial charge in [0.15, 0.2) is 5.57 Å². The van der Waals surface area contributed by atoms with Crippen molar-refractivity contribution in [2.75, 3.05) is 25.2 Å². The molecular formula is C20H24N2O4. The number of carbonyl (C=O) groups is 2. The van der Waals surface area contributed by atoms with Crippen LogP contribution in [-0.2, 0) is 19.1 Å². The molecule has 1 N–H and O–H groups in total. The number of aryl methyl sites for hydroxylation is 1. The Labute approximate surface area is 153 Å². The minimum absolute atomic E-state index is 0.144. The van der Waals surface area contributed by atoms with E-state index in [1.807, 2.05) is 43.3 Å². The van der Waals surface area contributed by atoms with Crippen molar-refractivity contribution in [1.29, 1.82) is 0 Å². The van der Waals surface area contributed by atoms with Crippen LogP contribution >= 0.6 is 0 Å². The maximum atomic E-state index is 12.2. The van der Waals surface area contributed by atoms with Crippen LogP contribution in [0.25, 0.3) is 11.3 Å². The number of esters is 2. The van der Waals surface area contributed by atoms with Crippen molar-refractivity contribution in [3.05, 3.63) is 53.9 Å². The van der Waals surface area contributed by atoms with Gasteiger partial charge in [-0.25, -0.2) is 9.59 Å². The third-order valence-corrected chi connectivity index (χ3v) is 3.69. The predicted octanol–water partition coefficient (Wildman–Crippen LogP) is 3.44. The molecule has 0 amide bonds. The Hall–Kier alpha value is -3.02. The molecule has 0 saturated carbocycles. The molecule has 0 radical (unpaired) electrons. The van der Waals surface area contributed by atoms with E-state index < -0.39 is 11.9 Å². The summed E-state index contributed by atoms with van der Waals surface area (Å²) in [5.41, 5.74) is 3.56. The van der Waals surface area contributed by atoms with Gasteiger partial charge in [-0.2, -0.15) is 0 Å². The molecule has 26 heavy (non-hydrogen) atoms. The standard InChI is InChI=1S/C20H24N2O4/c1-5-25-19(23)16(20(24)26-6-2)13-22(4)17-12-14(3)21-18(17)15-10-8-7-9-11-15/h7-13,21H,5-6H2,1-4H3. The summed E-state index contributed by atoms with van der Waals surface area (Å²) < 4.78 is 9.97. The van der Waals surface area contributed by atoms with Crippen LogP contribution in [0, 0.1) is 6.92 Å². The number of H-pyrrole nitrogens is 1. The van der Waals surface area contributed by atoms with E-state index in [9.17, 15) is 9.59 Å². The fourth-order valence-corrected chi connectivity index (χ4v) is 2.55. The molecule has 2 rings (SSSR count). The van der Waals surface area contributed by atoms with Crippen molar-refractivity contribution in [3.8, 4) is 11.3 Å². The number of aromatic nitrogens is 1. The Bertz CT molecular complexity index is 773. The Kier molecular flexibility index (Phi) is 6.60. The largest absolute Gasteiger partial charge is 0.462 e. The van der Waals surface area contributed by atoms with Gasteiger partial charge < -0.3 is 19.4 Å². The lowest BCUT2D eigenvalue weighted by Crippen LogP contribution is -2.22. The minimum atomic E-state index is -0.702. The maximum Gasteiger partial charge on any atom is 0.347 e. The number of nitrogens with zero attached hydrogens (tertiary/aromatic N) is 1. The number of carbonyl (C=O) groups excluding carboxylic acids is 2. The maximum absolute atomic E-state index is 12.2. The van der Waals surface area contributed by atoms with Crippen LogP contribution in [-0.4, -0.2) is 37.2 Å². The quantitative estimate of drug-likeness (QED) is 0.356. The van der Waals surface area contributed by atoms with Gasteiger partial charge in [-0.05, 0) is 26.8 Å². The summed E-state index contributed by atoms with van der Waals surface area (Å²) in [6.45, 7) is 5.68. The molecule has 0 bridgehead atoms. The molecule has 2 aromatic rings. The van der Waals surface area contributed by atoms with Gasteiger partial charge >= 0.3 is 11.9 Å². The summed E-state index contributed by atoms with van der Waals surface area (Å²) in [5.74, 6) is -1.40. The zero-order valence-electron chi connectivity index (χ0n) is 15.5. The Morgan fingerprint density at radius 3 is 2.19 bits per heavy atom. The topological polar surface area (TPSA) is 71.6 Å². The second kappa shape index (κ2) is 8.89. The van der Waals surface area contributed by atoms with Crippen LogP contribution in [0.15, 0.2) is 48.2 Å². The van der Waals surface area contributed by atoms with E-state index in [1.54, 1.807) is 25.8 Å². The molecule has 0 unspecified atom stereocenters. The van der Waals surface area contributed by atoms with Crippen molar-refractivity contribution in [3.63, 3.8) is 0 Å². The molecule has 1 aromatic carbocycles. The van der Waals surface area contributed by atoms with E-state index in [0.29, 0.717) is 0 Å². The number of anilines is 1. The third kappa shape index (κ3) is 4.53. The summed E-state index contributed by atoms with van der Waals surface area (Å²) in [6.07, 6.45) is 1.45. The molecule has 0 atom stereocenters. The van der Waals surface area contributed by atoms with Gasteiger partial charge in [-0.3, -0.25) is 0 Å². The number of aromatic amines is 1. The average molecular weight is 356 g/mol. The summed E-state index contributed by atoms with van der Waals surface area (Å²) in [6, 6.07) is 11.8. The van der Waals surface area contributed by atoms with Crippen molar-refractivity contribution < 1.29 is 19.1 Å². The van der Waals surface area contributed by atoms with Gasteiger partial charge in [-0.1, -0.05) is 30.3 Å². The highest BCUT2D eigenvalue weighted by Gasteiger charge is 2.23. The van der Waals surface area contributed by atoms with Crippen molar-refractivity contribution in [2.45, 2.75) is 20.8 Å². The lowest BCUT2D eigenvalue weighted by Gasteiger charge is -2.17. The number of hydrogen-bond acceptors (Lipinski definition) is 5. The predicted molar refractivity (Wildman–Crippen MR) is 101 cm³/mol. The highest BCUT2D eigenvalue weighted by atomic mass is 16.6. The van der Waals surface area contributed by atoms with E-state index in [-0.39, 0.29) is 18.8 Å². The van der Waals surface area contributed by atoms with E-state index >= 15 is 0 Å². The van der Waals surface area contributed by atoms with Crippen molar-refractivity contribution in [2.24, 2.45) is 0 Å². The molecule has 0 aliphatic heterocycles. The summed E-state index contributed by atoms with van der Waals surface area (Å²) >= 11 is 0. The Balaban J connectivity index is 2.42. The molecule has 1 heterocycles. The minimum Gasteiger partial charge on any atom is -0.462 e. The molecule has 0 spiro atoms. The van der Waals surface area contributed by atoms with E-state index in [1.165, 1.54) is 6.20 Å². The van der Waals surface area contributed by atoms with Crippen LogP contribution in [0.4, 0.5) is 5.69 Å². The first-order valence-electron chi connectivity index (χ1n) is 8.51. The molecule has 6 heteroatoms.